The summed E-state index contributed by atoms with van der Waals surface area (Å²) in [6.07, 6.45) is 8.87. The number of rotatable bonds is 2. The molecule has 0 nitrogen and oxygen atoms in total. The number of hydrogen-bond acceptors (Lipinski definition) is 0. The average Bonchev–Trinajstić information content (AvgIpc) is 3.04. The van der Waals surface area contributed by atoms with Gasteiger partial charge in [-0.2, -0.15) is 0 Å². The molecule has 0 aliphatic heterocycles. The fourth-order valence-corrected chi connectivity index (χ4v) is 9.16. The molecular formula is C35H40. The highest BCUT2D eigenvalue weighted by atomic mass is 14.6. The third kappa shape index (κ3) is 3.18. The first kappa shape index (κ1) is 21.9. The summed E-state index contributed by atoms with van der Waals surface area (Å²) in [6, 6.07) is 23.9. The van der Waals surface area contributed by atoms with Crippen molar-refractivity contribution < 1.29 is 0 Å². The highest BCUT2D eigenvalue weighted by Crippen LogP contribution is 2.61. The molecule has 0 amide bonds. The molecule has 4 fully saturated rings. The quantitative estimate of drug-likeness (QED) is 0.357. The molecule has 3 aromatic rings. The van der Waals surface area contributed by atoms with Crippen LogP contribution in [0.4, 0.5) is 0 Å². The van der Waals surface area contributed by atoms with Gasteiger partial charge in [-0.3, -0.25) is 0 Å². The zero-order valence-corrected chi connectivity index (χ0v) is 22.2. The Labute approximate surface area is 212 Å². The van der Waals surface area contributed by atoms with Crippen molar-refractivity contribution in [2.24, 2.45) is 17.8 Å². The molecule has 0 saturated heterocycles. The molecule has 0 unspecified atom stereocenters. The minimum absolute atomic E-state index is 0.0371. The zero-order chi connectivity index (χ0) is 24.2. The number of fused-ring (bicyclic) bond motifs is 3. The molecule has 0 N–H and O–H groups in total. The Hall–Kier alpha value is -2.34. The molecule has 0 heterocycles. The first-order valence-corrected chi connectivity index (χ1v) is 14.0. The third-order valence-corrected chi connectivity index (χ3v) is 10.3. The van der Waals surface area contributed by atoms with E-state index in [2.05, 4.69) is 95.3 Å². The largest absolute Gasteiger partial charge is 0.0619 e. The SMILES string of the molecule is CC(C)(C)c1cc(-c2ccc(C34CC5CC(CC(C5)C3)C4)cc2)cc2c1C(C)(C)c1ccccc1-2. The Balaban J connectivity index is 1.33. The van der Waals surface area contributed by atoms with Crippen LogP contribution in [0.1, 0.15) is 95.4 Å². The minimum Gasteiger partial charge on any atom is -0.0619 e. The molecule has 0 radical (unpaired) electrons. The Morgan fingerprint density at radius 2 is 1.29 bits per heavy atom. The van der Waals surface area contributed by atoms with E-state index in [1.165, 1.54) is 77.5 Å². The van der Waals surface area contributed by atoms with Crippen LogP contribution in [0.5, 0.6) is 0 Å². The maximum absolute atomic E-state index is 2.51. The first-order valence-electron chi connectivity index (χ1n) is 14.0. The first-order chi connectivity index (χ1) is 16.6. The maximum atomic E-state index is 2.51. The van der Waals surface area contributed by atoms with Gasteiger partial charge in [0.15, 0.2) is 0 Å². The molecule has 4 bridgehead atoms. The monoisotopic (exact) mass is 460 g/mol. The summed E-state index contributed by atoms with van der Waals surface area (Å²) in [7, 11) is 0. The second kappa shape index (κ2) is 7.12. The summed E-state index contributed by atoms with van der Waals surface area (Å²) in [5, 5.41) is 0. The normalized spacial score (nSPS) is 29.8. The minimum atomic E-state index is 0.0371. The fourth-order valence-electron chi connectivity index (χ4n) is 9.16. The van der Waals surface area contributed by atoms with Crippen molar-refractivity contribution in [2.45, 2.75) is 89.4 Å². The lowest BCUT2D eigenvalue weighted by atomic mass is 9.48. The third-order valence-electron chi connectivity index (χ3n) is 10.3. The van der Waals surface area contributed by atoms with Gasteiger partial charge >= 0.3 is 0 Å². The summed E-state index contributed by atoms with van der Waals surface area (Å²) in [5.74, 6) is 2.99. The summed E-state index contributed by atoms with van der Waals surface area (Å²) in [6.45, 7) is 11.9. The second-order valence-corrected chi connectivity index (χ2v) is 14.1. The van der Waals surface area contributed by atoms with Gasteiger partial charge in [0, 0.05) is 5.41 Å². The molecule has 3 aromatic carbocycles. The van der Waals surface area contributed by atoms with Crippen molar-refractivity contribution in [1.29, 1.82) is 0 Å². The number of benzene rings is 3. The van der Waals surface area contributed by atoms with E-state index in [-0.39, 0.29) is 10.8 Å². The van der Waals surface area contributed by atoms with Crippen molar-refractivity contribution >= 4 is 0 Å². The van der Waals surface area contributed by atoms with Crippen molar-refractivity contribution in [2.75, 3.05) is 0 Å². The molecule has 4 saturated carbocycles. The smallest absolute Gasteiger partial charge is 0.0161 e. The van der Waals surface area contributed by atoms with Crippen LogP contribution in [0.15, 0.2) is 60.7 Å². The Morgan fingerprint density at radius 1 is 0.686 bits per heavy atom. The van der Waals surface area contributed by atoms with Crippen LogP contribution in [0.2, 0.25) is 0 Å². The van der Waals surface area contributed by atoms with Crippen LogP contribution >= 0.6 is 0 Å². The lowest BCUT2D eigenvalue weighted by Crippen LogP contribution is -2.48. The summed E-state index contributed by atoms with van der Waals surface area (Å²) in [5.41, 5.74) is 12.3. The molecule has 0 atom stereocenters. The Bertz CT molecular complexity index is 1280. The van der Waals surface area contributed by atoms with Gasteiger partial charge in [-0.05, 0) is 118 Å². The molecule has 5 aliphatic rings. The van der Waals surface area contributed by atoms with E-state index in [0.29, 0.717) is 5.41 Å². The highest BCUT2D eigenvalue weighted by molar-refractivity contribution is 5.86. The zero-order valence-electron chi connectivity index (χ0n) is 22.2. The van der Waals surface area contributed by atoms with Crippen LogP contribution in [-0.2, 0) is 16.2 Å². The molecule has 0 spiro atoms. The summed E-state index contributed by atoms with van der Waals surface area (Å²) >= 11 is 0. The van der Waals surface area contributed by atoms with E-state index in [4.69, 9.17) is 0 Å². The Kier molecular flexibility index (Phi) is 4.45. The van der Waals surface area contributed by atoms with Gasteiger partial charge in [-0.1, -0.05) is 89.2 Å². The van der Waals surface area contributed by atoms with Gasteiger partial charge in [-0.15, -0.1) is 0 Å². The predicted molar refractivity (Wildman–Crippen MR) is 148 cm³/mol. The van der Waals surface area contributed by atoms with Crippen molar-refractivity contribution in [1.82, 2.24) is 0 Å². The molecule has 180 valence electrons. The van der Waals surface area contributed by atoms with Crippen molar-refractivity contribution in [3.05, 3.63) is 82.9 Å². The van der Waals surface area contributed by atoms with Crippen LogP contribution in [-0.4, -0.2) is 0 Å². The van der Waals surface area contributed by atoms with Crippen molar-refractivity contribution in [3.63, 3.8) is 0 Å². The van der Waals surface area contributed by atoms with Gasteiger partial charge in [0.2, 0.25) is 0 Å². The van der Waals surface area contributed by atoms with E-state index >= 15 is 0 Å². The van der Waals surface area contributed by atoms with Gasteiger partial charge in [0.25, 0.3) is 0 Å². The highest BCUT2D eigenvalue weighted by Gasteiger charge is 2.51. The Morgan fingerprint density at radius 3 is 1.89 bits per heavy atom. The lowest BCUT2D eigenvalue weighted by molar-refractivity contribution is -0.00518. The summed E-state index contributed by atoms with van der Waals surface area (Å²) in [4.78, 5) is 0. The van der Waals surface area contributed by atoms with E-state index in [0.717, 1.165) is 17.8 Å². The molecule has 0 heteroatoms. The second-order valence-electron chi connectivity index (χ2n) is 14.1. The molecule has 8 rings (SSSR count). The predicted octanol–water partition coefficient (Wildman–Crippen LogP) is 9.43. The van der Waals surface area contributed by atoms with Gasteiger partial charge in [-0.25, -0.2) is 0 Å². The molecule has 0 aromatic heterocycles. The van der Waals surface area contributed by atoms with Crippen LogP contribution in [0.25, 0.3) is 22.3 Å². The average molecular weight is 461 g/mol. The van der Waals surface area contributed by atoms with E-state index in [1.54, 1.807) is 5.56 Å². The van der Waals surface area contributed by atoms with Crippen LogP contribution in [0, 0.1) is 17.8 Å². The van der Waals surface area contributed by atoms with E-state index < -0.39 is 0 Å². The van der Waals surface area contributed by atoms with Crippen LogP contribution in [0.3, 0.4) is 0 Å². The topological polar surface area (TPSA) is 0 Å². The fraction of sp³-hybridized carbons (Fsp3) is 0.486. The van der Waals surface area contributed by atoms with Crippen molar-refractivity contribution in [3.8, 4) is 22.3 Å². The van der Waals surface area contributed by atoms with E-state index in [9.17, 15) is 0 Å². The molecule has 5 aliphatic carbocycles. The lowest BCUT2D eigenvalue weighted by Gasteiger charge is -2.57. The summed E-state index contributed by atoms with van der Waals surface area (Å²) < 4.78 is 0. The number of hydrogen-bond donors (Lipinski definition) is 0. The van der Waals surface area contributed by atoms with Crippen LogP contribution < -0.4 is 0 Å². The van der Waals surface area contributed by atoms with Gasteiger partial charge < -0.3 is 0 Å². The van der Waals surface area contributed by atoms with Gasteiger partial charge in [0.05, 0.1) is 0 Å². The van der Waals surface area contributed by atoms with Gasteiger partial charge in [0.1, 0.15) is 0 Å². The molecule has 35 heavy (non-hydrogen) atoms. The molecular weight excluding hydrogens is 420 g/mol. The van der Waals surface area contributed by atoms with E-state index in [1.807, 2.05) is 0 Å². The maximum Gasteiger partial charge on any atom is 0.0161 e. The standard InChI is InChI=1S/C35H40/c1-33(2,3)31-18-26(17-29-28-8-6-7-9-30(28)34(4,5)32(29)31)25-10-12-27(13-11-25)35-19-22-14-23(20-35)16-24(15-22)21-35/h6-13,17-18,22-24H,14-16,19-21H2,1-5H3.